The Hall–Kier alpha value is -0.0800. The molecule has 0 amide bonds. The monoisotopic (exact) mass is 224 g/mol. The van der Waals surface area contributed by atoms with Crippen molar-refractivity contribution in [3.8, 4) is 0 Å². The summed E-state index contributed by atoms with van der Waals surface area (Å²) in [6.45, 7) is 6.44. The molecular formula is C14H26NO. The molecule has 1 aliphatic carbocycles. The molecule has 0 aromatic rings. The predicted molar refractivity (Wildman–Crippen MR) is 67.4 cm³/mol. The maximum atomic E-state index is 5.48. The van der Waals surface area contributed by atoms with Crippen molar-refractivity contribution in [3.05, 3.63) is 6.42 Å². The molecule has 2 heteroatoms. The number of nitrogens with zero attached hydrogens (tertiary/aromatic N) is 1. The van der Waals surface area contributed by atoms with Crippen LogP contribution < -0.4 is 0 Å². The molecule has 1 saturated carbocycles. The molecule has 1 radical (unpaired) electrons. The Morgan fingerprint density at radius 2 is 2.06 bits per heavy atom. The van der Waals surface area contributed by atoms with Crippen molar-refractivity contribution in [2.24, 2.45) is 0 Å². The fourth-order valence-corrected chi connectivity index (χ4v) is 3.21. The van der Waals surface area contributed by atoms with Crippen molar-refractivity contribution in [2.45, 2.75) is 57.4 Å². The van der Waals surface area contributed by atoms with Gasteiger partial charge in [0, 0.05) is 18.6 Å². The highest BCUT2D eigenvalue weighted by molar-refractivity contribution is 5.04. The summed E-state index contributed by atoms with van der Waals surface area (Å²) in [6, 6.07) is 0. The van der Waals surface area contributed by atoms with Gasteiger partial charge in [0.05, 0.1) is 13.2 Å². The van der Waals surface area contributed by atoms with E-state index in [1.165, 1.54) is 44.9 Å². The fraction of sp³-hybridized carbons (Fsp3) is 0.929. The smallest absolute Gasteiger partial charge is 0.0594 e. The third-order valence-corrected chi connectivity index (χ3v) is 4.19. The van der Waals surface area contributed by atoms with Gasteiger partial charge < -0.3 is 4.74 Å². The molecule has 2 aliphatic rings. The van der Waals surface area contributed by atoms with Crippen molar-refractivity contribution in [2.75, 3.05) is 26.3 Å². The molecule has 2 rings (SSSR count). The van der Waals surface area contributed by atoms with Crippen LogP contribution in [0.3, 0.4) is 0 Å². The molecule has 0 N–H and O–H groups in total. The van der Waals surface area contributed by atoms with E-state index in [0.29, 0.717) is 5.54 Å². The first-order valence-corrected chi connectivity index (χ1v) is 7.04. The fourth-order valence-electron chi connectivity index (χ4n) is 3.21. The molecule has 1 saturated heterocycles. The van der Waals surface area contributed by atoms with Crippen LogP contribution in [0.15, 0.2) is 0 Å². The number of ether oxygens (including phenoxy) is 1. The first-order valence-electron chi connectivity index (χ1n) is 7.04. The summed E-state index contributed by atoms with van der Waals surface area (Å²) in [6.07, 6.45) is 12.2. The summed E-state index contributed by atoms with van der Waals surface area (Å²) in [7, 11) is 0. The Bertz CT molecular complexity index is 193. The van der Waals surface area contributed by atoms with Gasteiger partial charge in [0.1, 0.15) is 0 Å². The van der Waals surface area contributed by atoms with E-state index in [-0.39, 0.29) is 0 Å². The summed E-state index contributed by atoms with van der Waals surface area (Å²) >= 11 is 0. The van der Waals surface area contributed by atoms with Gasteiger partial charge in [-0.2, -0.15) is 0 Å². The lowest BCUT2D eigenvalue weighted by molar-refractivity contribution is -0.0236. The van der Waals surface area contributed by atoms with Gasteiger partial charge in [0.25, 0.3) is 0 Å². The topological polar surface area (TPSA) is 12.5 Å². The van der Waals surface area contributed by atoms with Gasteiger partial charge in [0.15, 0.2) is 0 Å². The Morgan fingerprint density at radius 3 is 2.69 bits per heavy atom. The molecule has 0 spiro atoms. The molecule has 16 heavy (non-hydrogen) atoms. The minimum atomic E-state index is 0.429. The Balaban J connectivity index is 1.99. The molecule has 1 aliphatic heterocycles. The lowest BCUT2D eigenvalue weighted by atomic mass is 9.76. The first-order chi connectivity index (χ1) is 7.87. The largest absolute Gasteiger partial charge is 0.379 e. The molecular weight excluding hydrogens is 198 g/mol. The Morgan fingerprint density at radius 1 is 1.25 bits per heavy atom. The third-order valence-electron chi connectivity index (χ3n) is 4.19. The van der Waals surface area contributed by atoms with Crippen molar-refractivity contribution in [1.29, 1.82) is 0 Å². The van der Waals surface area contributed by atoms with Gasteiger partial charge in [-0.1, -0.05) is 32.6 Å². The molecule has 1 atom stereocenters. The Labute approximate surface area is 100 Å². The van der Waals surface area contributed by atoms with Crippen LogP contribution in [0.5, 0.6) is 0 Å². The standard InChI is InChI=1S/C14H26NO/c1-2-3-7-14(8-5-4-6-9-14)15-10-12-16-13-11-15/h8H,2-7,9-13H2,1H3. The lowest BCUT2D eigenvalue weighted by Crippen LogP contribution is -2.54. The zero-order valence-electron chi connectivity index (χ0n) is 10.7. The normalized spacial score (nSPS) is 26.8. The van der Waals surface area contributed by atoms with Crippen LogP contribution in [-0.2, 0) is 4.74 Å². The zero-order valence-corrected chi connectivity index (χ0v) is 10.7. The van der Waals surface area contributed by atoms with E-state index in [9.17, 15) is 0 Å². The summed E-state index contributed by atoms with van der Waals surface area (Å²) in [4.78, 5) is 2.70. The summed E-state index contributed by atoms with van der Waals surface area (Å²) in [5.74, 6) is 0. The quantitative estimate of drug-likeness (QED) is 0.728. The summed E-state index contributed by atoms with van der Waals surface area (Å²) in [5.41, 5.74) is 0.429. The van der Waals surface area contributed by atoms with Gasteiger partial charge in [-0.3, -0.25) is 4.90 Å². The molecule has 2 nitrogen and oxygen atoms in total. The summed E-state index contributed by atoms with van der Waals surface area (Å²) in [5, 5.41) is 0. The van der Waals surface area contributed by atoms with E-state index in [0.717, 1.165) is 26.3 Å². The van der Waals surface area contributed by atoms with Crippen LogP contribution in [0.1, 0.15) is 51.9 Å². The van der Waals surface area contributed by atoms with Crippen molar-refractivity contribution in [1.82, 2.24) is 4.90 Å². The highest BCUT2D eigenvalue weighted by Crippen LogP contribution is 2.37. The molecule has 1 unspecified atom stereocenters. The van der Waals surface area contributed by atoms with Gasteiger partial charge in [-0.15, -0.1) is 0 Å². The van der Waals surface area contributed by atoms with E-state index < -0.39 is 0 Å². The third kappa shape index (κ3) is 2.78. The van der Waals surface area contributed by atoms with Gasteiger partial charge in [-0.05, 0) is 25.7 Å². The van der Waals surface area contributed by atoms with E-state index in [4.69, 9.17) is 4.74 Å². The SMILES string of the molecule is CCCCC1(N2CCOCC2)[CH]CCCC1. The molecule has 1 heterocycles. The van der Waals surface area contributed by atoms with E-state index >= 15 is 0 Å². The first kappa shape index (κ1) is 12.4. The average molecular weight is 224 g/mol. The average Bonchev–Trinajstić information content (AvgIpc) is 2.38. The lowest BCUT2D eigenvalue weighted by Gasteiger charge is -2.48. The molecule has 0 bridgehead atoms. The van der Waals surface area contributed by atoms with Crippen LogP contribution in [0, 0.1) is 6.42 Å². The number of morpholine rings is 1. The van der Waals surface area contributed by atoms with Crippen molar-refractivity contribution < 1.29 is 4.74 Å². The predicted octanol–water partition coefficient (Wildman–Crippen LogP) is 3.03. The maximum Gasteiger partial charge on any atom is 0.0594 e. The molecule has 93 valence electrons. The van der Waals surface area contributed by atoms with Crippen molar-refractivity contribution in [3.63, 3.8) is 0 Å². The van der Waals surface area contributed by atoms with Crippen molar-refractivity contribution >= 4 is 0 Å². The zero-order chi connectivity index (χ0) is 11.3. The molecule has 2 fully saturated rings. The van der Waals surface area contributed by atoms with Gasteiger partial charge in [-0.25, -0.2) is 0 Å². The molecule has 0 aromatic carbocycles. The minimum Gasteiger partial charge on any atom is -0.379 e. The van der Waals surface area contributed by atoms with Gasteiger partial charge >= 0.3 is 0 Å². The second kappa shape index (κ2) is 6.02. The van der Waals surface area contributed by atoms with Crippen LogP contribution in [0.25, 0.3) is 0 Å². The number of unbranched alkanes of at least 4 members (excludes halogenated alkanes) is 1. The van der Waals surface area contributed by atoms with Crippen LogP contribution >= 0.6 is 0 Å². The van der Waals surface area contributed by atoms with E-state index in [2.05, 4.69) is 18.2 Å². The second-order valence-corrected chi connectivity index (χ2v) is 5.26. The van der Waals surface area contributed by atoms with E-state index in [1.54, 1.807) is 0 Å². The van der Waals surface area contributed by atoms with E-state index in [1.807, 2.05) is 0 Å². The van der Waals surface area contributed by atoms with Crippen LogP contribution in [0.4, 0.5) is 0 Å². The second-order valence-electron chi connectivity index (χ2n) is 5.26. The summed E-state index contributed by atoms with van der Waals surface area (Å²) < 4.78 is 5.48. The molecule has 0 aromatic heterocycles. The minimum absolute atomic E-state index is 0.429. The van der Waals surface area contributed by atoms with Gasteiger partial charge in [0.2, 0.25) is 0 Å². The van der Waals surface area contributed by atoms with Crippen LogP contribution in [-0.4, -0.2) is 36.7 Å². The maximum absolute atomic E-state index is 5.48. The highest BCUT2D eigenvalue weighted by Gasteiger charge is 2.37. The number of rotatable bonds is 4. The number of hydrogen-bond acceptors (Lipinski definition) is 2. The highest BCUT2D eigenvalue weighted by atomic mass is 16.5. The Kier molecular flexibility index (Phi) is 4.66. The van der Waals surface area contributed by atoms with Crippen LogP contribution in [0.2, 0.25) is 0 Å². The number of hydrogen-bond donors (Lipinski definition) is 0.